The number of hydrogen-bond donors (Lipinski definition) is 0. The van der Waals surface area contributed by atoms with Gasteiger partial charge in [0, 0.05) is 15.5 Å². The molecule has 0 saturated heterocycles. The van der Waals surface area contributed by atoms with E-state index in [-0.39, 0.29) is 11.6 Å². The van der Waals surface area contributed by atoms with Gasteiger partial charge in [-0.25, -0.2) is 8.78 Å². The summed E-state index contributed by atoms with van der Waals surface area (Å²) in [7, 11) is -0.455. The zero-order chi connectivity index (χ0) is 19.1. The Morgan fingerprint density at radius 3 is 1.79 bits per heavy atom. The molecule has 5 rings (SSSR count). The van der Waals surface area contributed by atoms with Gasteiger partial charge < -0.3 is 0 Å². The van der Waals surface area contributed by atoms with Gasteiger partial charge in [-0.2, -0.15) is 0 Å². The molecule has 136 valence electrons. The maximum absolute atomic E-state index is 13.6. The third-order valence-electron chi connectivity index (χ3n) is 4.69. The molecule has 4 heteroatoms. The summed E-state index contributed by atoms with van der Waals surface area (Å²) in [5.41, 5.74) is 0. The largest absolute Gasteiger partial charge is 0.207 e. The smallest absolute Gasteiger partial charge is 0.184 e. The molecule has 5 aromatic rings. The minimum atomic E-state index is -0.455. The Morgan fingerprint density at radius 1 is 0.571 bits per heavy atom. The predicted molar refractivity (Wildman–Crippen MR) is 114 cm³/mol. The summed E-state index contributed by atoms with van der Waals surface area (Å²) < 4.78 is 29.6. The van der Waals surface area contributed by atoms with Crippen LogP contribution in [0, 0.1) is 11.6 Å². The van der Waals surface area contributed by atoms with Crippen LogP contribution in [0.1, 0.15) is 0 Å². The summed E-state index contributed by atoms with van der Waals surface area (Å²) in [5.74, 6) is -0.516. The minimum Gasteiger partial charge on any atom is -0.207 e. The number of halogens is 2. The quantitative estimate of drug-likeness (QED) is 0.274. The van der Waals surface area contributed by atoms with Gasteiger partial charge in [-0.15, -0.1) is 11.3 Å². The first-order valence-corrected chi connectivity index (χ1v) is 10.9. The molecule has 0 N–H and O–H groups in total. The Bertz CT molecular complexity index is 1230. The van der Waals surface area contributed by atoms with E-state index in [2.05, 4.69) is 42.5 Å². The van der Waals surface area contributed by atoms with Crippen molar-refractivity contribution in [1.29, 1.82) is 0 Å². The third kappa shape index (κ3) is 2.99. The Labute approximate surface area is 168 Å². The van der Waals surface area contributed by atoms with Gasteiger partial charge in [0.1, 0.15) is 22.5 Å². The predicted octanol–water partition coefficient (Wildman–Crippen LogP) is 7.43. The lowest BCUT2D eigenvalue weighted by Crippen LogP contribution is -2.05. The Morgan fingerprint density at radius 2 is 1.14 bits per heavy atom. The van der Waals surface area contributed by atoms with E-state index in [4.69, 9.17) is 0 Å². The number of benzene rings is 4. The zero-order valence-corrected chi connectivity index (χ0v) is 16.4. The van der Waals surface area contributed by atoms with Crippen LogP contribution in [-0.2, 0) is 10.9 Å². The Balaban J connectivity index is 1.79. The van der Waals surface area contributed by atoms with Gasteiger partial charge in [0.25, 0.3) is 0 Å². The maximum atomic E-state index is 13.6. The van der Waals surface area contributed by atoms with Gasteiger partial charge in [0.05, 0.1) is 4.70 Å². The highest BCUT2D eigenvalue weighted by atomic mass is 32.2. The first kappa shape index (κ1) is 17.4. The van der Waals surface area contributed by atoms with Gasteiger partial charge in [-0.05, 0) is 60.7 Å². The molecule has 0 atom stereocenters. The highest BCUT2D eigenvalue weighted by molar-refractivity contribution is 7.97. The van der Waals surface area contributed by atoms with Crippen LogP contribution >= 0.6 is 11.3 Å². The van der Waals surface area contributed by atoms with Crippen LogP contribution in [0.4, 0.5) is 8.78 Å². The van der Waals surface area contributed by atoms with Crippen molar-refractivity contribution in [2.45, 2.75) is 14.7 Å². The highest BCUT2D eigenvalue weighted by Crippen LogP contribution is 2.42. The van der Waals surface area contributed by atoms with Crippen molar-refractivity contribution in [2.24, 2.45) is 0 Å². The van der Waals surface area contributed by atoms with Crippen LogP contribution in [0.2, 0.25) is 0 Å². The van der Waals surface area contributed by atoms with E-state index in [1.54, 1.807) is 11.3 Å². The van der Waals surface area contributed by atoms with Crippen molar-refractivity contribution >= 4 is 42.4 Å². The molecule has 0 aliphatic rings. The van der Waals surface area contributed by atoms with E-state index in [1.807, 2.05) is 24.3 Å². The zero-order valence-electron chi connectivity index (χ0n) is 14.7. The molecule has 0 saturated carbocycles. The van der Waals surface area contributed by atoms with Gasteiger partial charge >= 0.3 is 0 Å². The number of hydrogen-bond acceptors (Lipinski definition) is 1. The standard InChI is InChI=1S/C24H15F2S2/c25-16-8-12-18(13-9-16)28(19-14-10-17(26)11-15-19)23-7-3-5-21-20-4-1-2-6-22(20)27-24(21)23/h1-15H/q+1. The fourth-order valence-electron chi connectivity index (χ4n) is 3.41. The van der Waals surface area contributed by atoms with Gasteiger partial charge in [0.15, 0.2) is 14.7 Å². The third-order valence-corrected chi connectivity index (χ3v) is 8.30. The van der Waals surface area contributed by atoms with Crippen molar-refractivity contribution in [1.82, 2.24) is 0 Å². The van der Waals surface area contributed by atoms with E-state index in [1.165, 1.54) is 49.3 Å². The van der Waals surface area contributed by atoms with Gasteiger partial charge in [-0.3, -0.25) is 0 Å². The topological polar surface area (TPSA) is 0 Å². The van der Waals surface area contributed by atoms with Gasteiger partial charge in [-0.1, -0.05) is 30.3 Å². The molecule has 0 aliphatic carbocycles. The second kappa shape index (κ2) is 7.04. The summed E-state index contributed by atoms with van der Waals surface area (Å²) in [5, 5.41) is 2.46. The van der Waals surface area contributed by atoms with E-state index in [9.17, 15) is 8.78 Å². The molecular formula is C24H15F2S2+. The average Bonchev–Trinajstić information content (AvgIpc) is 3.11. The molecule has 0 amide bonds. The molecule has 0 bridgehead atoms. The van der Waals surface area contributed by atoms with E-state index in [0.717, 1.165) is 9.79 Å². The molecular weight excluding hydrogens is 390 g/mol. The molecule has 0 fully saturated rings. The molecule has 0 radical (unpaired) electrons. The van der Waals surface area contributed by atoms with Crippen molar-refractivity contribution < 1.29 is 8.78 Å². The average molecular weight is 406 g/mol. The molecule has 0 spiro atoms. The van der Waals surface area contributed by atoms with Crippen LogP contribution in [0.3, 0.4) is 0 Å². The molecule has 1 heterocycles. The lowest BCUT2D eigenvalue weighted by molar-refractivity contribution is 0.626. The summed E-state index contributed by atoms with van der Waals surface area (Å²) in [6, 6.07) is 28.0. The van der Waals surface area contributed by atoms with Crippen molar-refractivity contribution in [3.63, 3.8) is 0 Å². The fourth-order valence-corrected chi connectivity index (χ4v) is 7.01. The monoisotopic (exact) mass is 405 g/mol. The van der Waals surface area contributed by atoms with Crippen LogP contribution in [0.5, 0.6) is 0 Å². The lowest BCUT2D eigenvalue weighted by atomic mass is 10.1. The molecule has 0 nitrogen and oxygen atoms in total. The van der Waals surface area contributed by atoms with Crippen LogP contribution < -0.4 is 0 Å². The van der Waals surface area contributed by atoms with Crippen LogP contribution in [0.25, 0.3) is 20.2 Å². The van der Waals surface area contributed by atoms with Crippen molar-refractivity contribution in [3.05, 3.63) is 103 Å². The molecule has 1 aromatic heterocycles. The summed E-state index contributed by atoms with van der Waals surface area (Å²) >= 11 is 1.77. The molecule has 28 heavy (non-hydrogen) atoms. The first-order chi connectivity index (χ1) is 13.7. The number of rotatable bonds is 3. The lowest BCUT2D eigenvalue weighted by Gasteiger charge is -2.09. The number of fused-ring (bicyclic) bond motifs is 3. The first-order valence-electron chi connectivity index (χ1n) is 8.86. The van der Waals surface area contributed by atoms with E-state index < -0.39 is 10.9 Å². The van der Waals surface area contributed by atoms with Crippen LogP contribution in [-0.4, -0.2) is 0 Å². The second-order valence-corrected chi connectivity index (χ2v) is 9.49. The van der Waals surface area contributed by atoms with Crippen molar-refractivity contribution in [3.8, 4) is 0 Å². The Kier molecular flexibility index (Phi) is 4.38. The summed E-state index contributed by atoms with van der Waals surface area (Å²) in [4.78, 5) is 3.20. The fraction of sp³-hybridized carbons (Fsp3) is 0. The Hall–Kier alpha value is -2.69. The van der Waals surface area contributed by atoms with Crippen LogP contribution in [0.15, 0.2) is 106 Å². The number of thiophene rings is 1. The molecule has 4 aromatic carbocycles. The van der Waals surface area contributed by atoms with E-state index >= 15 is 0 Å². The molecule has 0 aliphatic heterocycles. The maximum Gasteiger partial charge on any atom is 0.184 e. The SMILES string of the molecule is Fc1ccc([S+](c2ccc(F)cc2)c2cccc3c2sc2ccccc23)cc1. The van der Waals surface area contributed by atoms with E-state index in [0.29, 0.717) is 0 Å². The van der Waals surface area contributed by atoms with Gasteiger partial charge in [0.2, 0.25) is 0 Å². The molecule has 0 unspecified atom stereocenters. The van der Waals surface area contributed by atoms with Crippen molar-refractivity contribution in [2.75, 3.05) is 0 Å². The summed E-state index contributed by atoms with van der Waals surface area (Å²) in [6.45, 7) is 0. The minimum absolute atomic E-state index is 0.258. The second-order valence-electron chi connectivity index (χ2n) is 6.45. The normalized spacial score (nSPS) is 11.5. The summed E-state index contributed by atoms with van der Waals surface area (Å²) in [6.07, 6.45) is 0. The highest BCUT2D eigenvalue weighted by Gasteiger charge is 2.31.